The number of nitrogens with zero attached hydrogens (tertiary/aromatic N) is 5. The summed E-state index contributed by atoms with van der Waals surface area (Å²) in [5, 5.41) is 7.08. The van der Waals surface area contributed by atoms with Crippen LogP contribution in [-0.4, -0.2) is 56.8 Å². The van der Waals surface area contributed by atoms with Gasteiger partial charge in [-0.15, -0.1) is 0 Å². The smallest absolute Gasteiger partial charge is 0.323 e. The topological polar surface area (TPSA) is 66.3 Å². The Bertz CT molecular complexity index is 686. The van der Waals surface area contributed by atoms with Crippen molar-refractivity contribution >= 4 is 11.8 Å². The zero-order chi connectivity index (χ0) is 17.6. The van der Waals surface area contributed by atoms with Crippen molar-refractivity contribution in [3.63, 3.8) is 0 Å². The fraction of sp³-hybridized carbons (Fsp3) is 0.500. The van der Waals surface area contributed by atoms with Gasteiger partial charge in [-0.05, 0) is 38.4 Å². The second-order valence-corrected chi connectivity index (χ2v) is 6.61. The number of hydrogen-bond donors (Lipinski definition) is 1. The first kappa shape index (κ1) is 17.4. The van der Waals surface area contributed by atoms with Crippen LogP contribution in [0.4, 0.5) is 10.6 Å². The Balaban J connectivity index is 1.52. The molecule has 3 rings (SSSR count). The minimum atomic E-state index is -0.0632. The number of pyridine rings is 1. The number of rotatable bonds is 4. The predicted octanol–water partition coefficient (Wildman–Crippen LogP) is 2.33. The molecule has 2 aromatic rings. The van der Waals surface area contributed by atoms with Crippen molar-refractivity contribution in [2.24, 2.45) is 7.05 Å². The summed E-state index contributed by atoms with van der Waals surface area (Å²) >= 11 is 0. The van der Waals surface area contributed by atoms with Gasteiger partial charge in [0.05, 0.1) is 5.69 Å². The van der Waals surface area contributed by atoms with Gasteiger partial charge in [0.1, 0.15) is 0 Å². The molecule has 1 aliphatic heterocycles. The maximum Gasteiger partial charge on any atom is 0.323 e. The highest BCUT2D eigenvalue weighted by atomic mass is 16.2. The van der Waals surface area contributed by atoms with Gasteiger partial charge in [0.2, 0.25) is 0 Å². The monoisotopic (exact) mass is 342 g/mol. The molecule has 1 N–H and O–H groups in total. The van der Waals surface area contributed by atoms with E-state index >= 15 is 0 Å². The Labute approximate surface area is 148 Å². The van der Waals surface area contributed by atoms with Gasteiger partial charge >= 0.3 is 6.03 Å². The normalized spacial score (nSPS) is 18.2. The largest absolute Gasteiger partial charge is 0.324 e. The van der Waals surface area contributed by atoms with Gasteiger partial charge in [-0.3, -0.25) is 19.9 Å². The summed E-state index contributed by atoms with van der Waals surface area (Å²) in [6.45, 7) is 2.38. The molecule has 0 bridgehead atoms. The van der Waals surface area contributed by atoms with Gasteiger partial charge in [0.15, 0.2) is 5.82 Å². The van der Waals surface area contributed by atoms with Gasteiger partial charge in [-0.25, -0.2) is 4.79 Å². The number of nitrogens with one attached hydrogen (secondary N) is 1. The summed E-state index contributed by atoms with van der Waals surface area (Å²) in [7, 11) is 3.98. The second kappa shape index (κ2) is 8.11. The SMILES string of the molecule is CN(Cc1ccccn1)[C@@H]1CCCN(C(=O)Nc2ccn(C)n2)CC1. The van der Waals surface area contributed by atoms with Crippen LogP contribution >= 0.6 is 0 Å². The van der Waals surface area contributed by atoms with Crippen LogP contribution in [0.5, 0.6) is 0 Å². The number of amides is 2. The predicted molar refractivity (Wildman–Crippen MR) is 97.1 cm³/mol. The molecule has 1 aliphatic rings. The molecular weight excluding hydrogens is 316 g/mol. The molecule has 1 saturated heterocycles. The third-order valence-corrected chi connectivity index (χ3v) is 4.69. The van der Waals surface area contributed by atoms with Gasteiger partial charge in [-0.1, -0.05) is 6.07 Å². The summed E-state index contributed by atoms with van der Waals surface area (Å²) < 4.78 is 1.68. The lowest BCUT2D eigenvalue weighted by Crippen LogP contribution is -2.37. The van der Waals surface area contributed by atoms with Crippen LogP contribution in [0.25, 0.3) is 0 Å². The molecule has 2 amide bonds. The number of carbonyl (C=O) groups is 1. The van der Waals surface area contributed by atoms with E-state index in [0.29, 0.717) is 11.9 Å². The van der Waals surface area contributed by atoms with Crippen molar-refractivity contribution < 1.29 is 4.79 Å². The molecule has 0 radical (unpaired) electrons. The Morgan fingerprint density at radius 3 is 2.92 bits per heavy atom. The molecule has 7 nitrogen and oxygen atoms in total. The summed E-state index contributed by atoms with van der Waals surface area (Å²) in [5.41, 5.74) is 1.08. The van der Waals surface area contributed by atoms with Gasteiger partial charge in [-0.2, -0.15) is 5.10 Å². The summed E-state index contributed by atoms with van der Waals surface area (Å²) in [5.74, 6) is 0.598. The van der Waals surface area contributed by atoms with Crippen LogP contribution in [0.2, 0.25) is 0 Å². The van der Waals surface area contributed by atoms with Gasteiger partial charge < -0.3 is 4.90 Å². The number of aromatic nitrogens is 3. The number of likely N-dealkylation sites (tertiary alicyclic amines) is 1. The van der Waals surface area contributed by atoms with E-state index in [2.05, 4.69) is 33.4 Å². The standard InChI is InChI=1S/C18H26N6O/c1-22(14-15-6-3-4-10-19-15)16-7-5-11-24(13-8-16)18(25)20-17-9-12-23(2)21-17/h3-4,6,9-10,12,16H,5,7-8,11,13-14H2,1-2H3,(H,20,21,25)/t16-/m1/s1. The third kappa shape index (κ3) is 4.79. The Morgan fingerprint density at radius 1 is 1.32 bits per heavy atom. The van der Waals surface area contributed by atoms with E-state index in [4.69, 9.17) is 0 Å². The molecule has 2 aromatic heterocycles. The lowest BCUT2D eigenvalue weighted by atomic mass is 10.1. The number of urea groups is 1. The quantitative estimate of drug-likeness (QED) is 0.926. The number of hydrogen-bond acceptors (Lipinski definition) is 4. The zero-order valence-corrected chi connectivity index (χ0v) is 14.9. The van der Waals surface area contributed by atoms with Crippen LogP contribution < -0.4 is 5.32 Å². The molecule has 0 saturated carbocycles. The number of carbonyl (C=O) groups excluding carboxylic acids is 1. The molecular formula is C18H26N6O. The molecule has 1 atom stereocenters. The summed E-state index contributed by atoms with van der Waals surface area (Å²) in [6.07, 6.45) is 6.73. The fourth-order valence-corrected chi connectivity index (χ4v) is 3.27. The number of aryl methyl sites for hydroxylation is 1. The molecule has 0 aromatic carbocycles. The first-order valence-corrected chi connectivity index (χ1v) is 8.77. The number of anilines is 1. The van der Waals surface area contributed by atoms with Crippen LogP contribution in [0.1, 0.15) is 25.0 Å². The highest BCUT2D eigenvalue weighted by molar-refractivity contribution is 5.88. The van der Waals surface area contributed by atoms with E-state index in [1.54, 1.807) is 10.7 Å². The molecule has 25 heavy (non-hydrogen) atoms. The molecule has 0 spiro atoms. The van der Waals surface area contributed by atoms with E-state index in [9.17, 15) is 4.79 Å². The van der Waals surface area contributed by atoms with Crippen molar-refractivity contribution in [3.8, 4) is 0 Å². The van der Waals surface area contributed by atoms with Crippen molar-refractivity contribution in [2.75, 3.05) is 25.5 Å². The van der Waals surface area contributed by atoms with Crippen LogP contribution in [0, 0.1) is 0 Å². The second-order valence-electron chi connectivity index (χ2n) is 6.61. The van der Waals surface area contributed by atoms with Crippen molar-refractivity contribution in [3.05, 3.63) is 42.4 Å². The van der Waals surface area contributed by atoms with E-state index in [-0.39, 0.29) is 6.03 Å². The lowest BCUT2D eigenvalue weighted by Gasteiger charge is -2.27. The average Bonchev–Trinajstić information content (AvgIpc) is 2.86. The minimum absolute atomic E-state index is 0.0632. The third-order valence-electron chi connectivity index (χ3n) is 4.69. The molecule has 3 heterocycles. The van der Waals surface area contributed by atoms with Crippen molar-refractivity contribution in [1.82, 2.24) is 24.6 Å². The summed E-state index contributed by atoms with van der Waals surface area (Å²) in [6, 6.07) is 8.22. The fourth-order valence-electron chi connectivity index (χ4n) is 3.27. The Kier molecular flexibility index (Phi) is 5.65. The van der Waals surface area contributed by atoms with Crippen molar-refractivity contribution in [1.29, 1.82) is 0 Å². The maximum atomic E-state index is 12.4. The highest BCUT2D eigenvalue weighted by Crippen LogP contribution is 2.18. The van der Waals surface area contributed by atoms with Gasteiger partial charge in [0.25, 0.3) is 0 Å². The van der Waals surface area contributed by atoms with E-state index < -0.39 is 0 Å². The van der Waals surface area contributed by atoms with Crippen molar-refractivity contribution in [2.45, 2.75) is 31.8 Å². The molecule has 7 heteroatoms. The van der Waals surface area contributed by atoms with Crippen LogP contribution in [-0.2, 0) is 13.6 Å². The highest BCUT2D eigenvalue weighted by Gasteiger charge is 2.23. The van der Waals surface area contributed by atoms with E-state index in [1.165, 1.54) is 0 Å². The van der Waals surface area contributed by atoms with Crippen LogP contribution in [0.3, 0.4) is 0 Å². The minimum Gasteiger partial charge on any atom is -0.324 e. The van der Waals surface area contributed by atoms with Crippen LogP contribution in [0.15, 0.2) is 36.7 Å². The molecule has 1 fully saturated rings. The lowest BCUT2D eigenvalue weighted by molar-refractivity contribution is 0.200. The maximum absolute atomic E-state index is 12.4. The van der Waals surface area contributed by atoms with E-state index in [1.807, 2.05) is 36.5 Å². The van der Waals surface area contributed by atoms with E-state index in [0.717, 1.165) is 44.6 Å². The average molecular weight is 342 g/mol. The van der Waals surface area contributed by atoms with Gasteiger partial charge in [0, 0.05) is 51.2 Å². The molecule has 0 unspecified atom stereocenters. The zero-order valence-electron chi connectivity index (χ0n) is 14.9. The summed E-state index contributed by atoms with van der Waals surface area (Å²) in [4.78, 5) is 21.1. The Morgan fingerprint density at radius 2 is 2.20 bits per heavy atom. The molecule has 0 aliphatic carbocycles. The first-order valence-electron chi connectivity index (χ1n) is 8.77. The first-order chi connectivity index (χ1) is 12.1. The molecule has 134 valence electrons. The Hall–Kier alpha value is -2.41.